The number of fused-ring (bicyclic) bond motifs is 1. The molecule has 0 spiro atoms. The second-order valence-electron chi connectivity index (χ2n) is 8.78. The second-order valence-corrected chi connectivity index (χ2v) is 8.78. The molecule has 5 nitrogen and oxygen atoms in total. The molecule has 2 aromatic rings. The Hall–Kier alpha value is -2.14. The summed E-state index contributed by atoms with van der Waals surface area (Å²) in [5.74, 6) is 1.67. The maximum atomic E-state index is 13.7. The molecule has 1 N–H and O–H groups in total. The molecule has 2 aliphatic heterocycles. The monoisotopic (exact) mass is 380 g/mol. The summed E-state index contributed by atoms with van der Waals surface area (Å²) in [5, 5.41) is 8.24. The maximum Gasteiger partial charge on any atom is 0.272 e. The number of nitrogens with one attached hydrogen (secondary N) is 1. The summed E-state index contributed by atoms with van der Waals surface area (Å²) in [4.78, 5) is 15.8. The van der Waals surface area contributed by atoms with E-state index in [1.165, 1.54) is 11.1 Å². The molecule has 28 heavy (non-hydrogen) atoms. The molecular weight excluding hydrogens is 348 g/mol. The molecule has 0 bridgehead atoms. The number of hydrogen-bond donors (Lipinski definition) is 1. The van der Waals surface area contributed by atoms with E-state index in [-0.39, 0.29) is 11.9 Å². The van der Waals surface area contributed by atoms with Crippen molar-refractivity contribution in [2.24, 2.45) is 17.8 Å². The minimum Gasteiger partial charge on any atom is -0.330 e. The van der Waals surface area contributed by atoms with Crippen LogP contribution in [0.1, 0.15) is 54.1 Å². The third kappa shape index (κ3) is 3.37. The van der Waals surface area contributed by atoms with Crippen LogP contribution in [-0.2, 0) is 13.0 Å². The molecule has 1 aromatic carbocycles. The standard InChI is InChI=1S/C23H32N4O/c1-5-27-21(11-18(25-27)10-15(2)3)23(28)26-14-17-12-24-13-20(17)22(26)19-9-7-6-8-16(19)4/h6-9,11,15,17,20,22,24H,5,10,12-14H2,1-4H3/t17-,20-,22+/m0/s1. The average molecular weight is 381 g/mol. The summed E-state index contributed by atoms with van der Waals surface area (Å²) in [6.45, 7) is 12.1. The molecule has 4 rings (SSSR count). The minimum absolute atomic E-state index is 0.131. The van der Waals surface area contributed by atoms with Crippen LogP contribution in [0, 0.1) is 24.7 Å². The first-order chi connectivity index (χ1) is 13.5. The topological polar surface area (TPSA) is 50.2 Å². The van der Waals surface area contributed by atoms with Crippen LogP contribution in [0.2, 0.25) is 0 Å². The third-order valence-corrected chi connectivity index (χ3v) is 6.30. The maximum absolute atomic E-state index is 13.7. The van der Waals surface area contributed by atoms with Crippen molar-refractivity contribution in [1.82, 2.24) is 20.0 Å². The van der Waals surface area contributed by atoms with Crippen molar-refractivity contribution in [3.05, 3.63) is 52.8 Å². The smallest absolute Gasteiger partial charge is 0.272 e. The van der Waals surface area contributed by atoms with Crippen molar-refractivity contribution >= 4 is 5.91 Å². The van der Waals surface area contributed by atoms with Gasteiger partial charge in [-0.3, -0.25) is 9.48 Å². The normalized spacial score (nSPS) is 24.2. The summed E-state index contributed by atoms with van der Waals surface area (Å²) < 4.78 is 1.89. The zero-order valence-electron chi connectivity index (χ0n) is 17.5. The molecule has 1 aromatic heterocycles. The third-order valence-electron chi connectivity index (χ3n) is 6.30. The number of rotatable bonds is 5. The van der Waals surface area contributed by atoms with Crippen LogP contribution in [0.5, 0.6) is 0 Å². The fourth-order valence-corrected chi connectivity index (χ4v) is 5.00. The number of nitrogens with zero attached hydrogens (tertiary/aromatic N) is 3. The van der Waals surface area contributed by atoms with Gasteiger partial charge in [0, 0.05) is 32.1 Å². The van der Waals surface area contributed by atoms with Gasteiger partial charge in [-0.25, -0.2) is 0 Å². The highest BCUT2D eigenvalue weighted by atomic mass is 16.2. The zero-order valence-corrected chi connectivity index (χ0v) is 17.5. The molecule has 3 atom stereocenters. The lowest BCUT2D eigenvalue weighted by atomic mass is 9.87. The van der Waals surface area contributed by atoms with Crippen molar-refractivity contribution in [2.75, 3.05) is 19.6 Å². The van der Waals surface area contributed by atoms with Crippen LogP contribution < -0.4 is 5.32 Å². The highest BCUT2D eigenvalue weighted by Crippen LogP contribution is 2.44. The van der Waals surface area contributed by atoms with Crippen molar-refractivity contribution < 1.29 is 4.79 Å². The lowest BCUT2D eigenvalue weighted by Gasteiger charge is -2.29. The van der Waals surface area contributed by atoms with Crippen LogP contribution in [-0.4, -0.2) is 40.2 Å². The van der Waals surface area contributed by atoms with Crippen molar-refractivity contribution in [3.8, 4) is 0 Å². The average Bonchev–Trinajstić information content (AvgIpc) is 3.35. The summed E-state index contributed by atoms with van der Waals surface area (Å²) in [6.07, 6.45) is 0.906. The molecule has 2 aliphatic rings. The van der Waals surface area contributed by atoms with E-state index < -0.39 is 0 Å². The van der Waals surface area contributed by atoms with E-state index in [9.17, 15) is 4.79 Å². The van der Waals surface area contributed by atoms with E-state index in [4.69, 9.17) is 5.10 Å². The largest absolute Gasteiger partial charge is 0.330 e. The molecule has 2 fully saturated rings. The van der Waals surface area contributed by atoms with Crippen LogP contribution in [0.4, 0.5) is 0 Å². The number of amides is 1. The Labute approximate surface area is 168 Å². The number of aromatic nitrogens is 2. The molecule has 0 unspecified atom stereocenters. The highest BCUT2D eigenvalue weighted by Gasteiger charge is 2.47. The zero-order chi connectivity index (χ0) is 19.8. The highest BCUT2D eigenvalue weighted by molar-refractivity contribution is 5.93. The number of aryl methyl sites for hydroxylation is 2. The van der Waals surface area contributed by atoms with Crippen molar-refractivity contribution in [1.29, 1.82) is 0 Å². The Kier molecular flexibility index (Phi) is 5.28. The first kappa shape index (κ1) is 19.2. The van der Waals surface area contributed by atoms with Crippen molar-refractivity contribution in [2.45, 2.75) is 46.7 Å². The molecule has 2 saturated heterocycles. The lowest BCUT2D eigenvalue weighted by molar-refractivity contribution is 0.0701. The van der Waals surface area contributed by atoms with Gasteiger partial charge in [0.25, 0.3) is 5.91 Å². The van der Waals surface area contributed by atoms with E-state index >= 15 is 0 Å². The van der Waals surface area contributed by atoms with E-state index in [0.717, 1.165) is 44.0 Å². The Morgan fingerprint density at radius 2 is 2.07 bits per heavy atom. The van der Waals surface area contributed by atoms with Crippen LogP contribution in [0.25, 0.3) is 0 Å². The molecule has 0 radical (unpaired) electrons. The quantitative estimate of drug-likeness (QED) is 0.864. The summed E-state index contributed by atoms with van der Waals surface area (Å²) in [7, 11) is 0. The molecule has 0 aliphatic carbocycles. The number of carbonyl (C=O) groups excluding carboxylic acids is 1. The second kappa shape index (κ2) is 7.70. The van der Waals surface area contributed by atoms with Gasteiger partial charge in [0.1, 0.15) is 5.69 Å². The fraction of sp³-hybridized carbons (Fsp3) is 0.565. The Bertz CT molecular complexity index is 856. The van der Waals surface area contributed by atoms with E-state index in [0.29, 0.717) is 17.8 Å². The number of hydrogen-bond acceptors (Lipinski definition) is 3. The molecular formula is C23H32N4O. The predicted octanol–water partition coefficient (Wildman–Crippen LogP) is 3.44. The molecule has 5 heteroatoms. The van der Waals surface area contributed by atoms with E-state index in [2.05, 4.69) is 62.2 Å². The van der Waals surface area contributed by atoms with Gasteiger partial charge < -0.3 is 10.2 Å². The predicted molar refractivity (Wildman–Crippen MR) is 111 cm³/mol. The van der Waals surface area contributed by atoms with Gasteiger partial charge in [0.15, 0.2) is 0 Å². The van der Waals surface area contributed by atoms with Crippen LogP contribution in [0.15, 0.2) is 30.3 Å². The van der Waals surface area contributed by atoms with Crippen molar-refractivity contribution in [3.63, 3.8) is 0 Å². The molecule has 1 amide bonds. The number of benzene rings is 1. The molecule has 3 heterocycles. The summed E-state index contributed by atoms with van der Waals surface area (Å²) in [5.41, 5.74) is 4.32. The van der Waals surface area contributed by atoms with Gasteiger partial charge in [0.05, 0.1) is 11.7 Å². The van der Waals surface area contributed by atoms with Gasteiger partial charge in [-0.05, 0) is 49.3 Å². The Balaban J connectivity index is 1.70. The number of carbonyl (C=O) groups is 1. The first-order valence-electron chi connectivity index (χ1n) is 10.6. The van der Waals surface area contributed by atoms with Crippen LogP contribution in [0.3, 0.4) is 0 Å². The van der Waals surface area contributed by atoms with E-state index in [1.807, 2.05) is 10.7 Å². The minimum atomic E-state index is 0.131. The summed E-state index contributed by atoms with van der Waals surface area (Å²) in [6, 6.07) is 10.7. The first-order valence-corrected chi connectivity index (χ1v) is 10.6. The van der Waals surface area contributed by atoms with Crippen LogP contribution >= 0.6 is 0 Å². The van der Waals surface area contributed by atoms with Gasteiger partial charge in [-0.15, -0.1) is 0 Å². The Morgan fingerprint density at radius 3 is 2.79 bits per heavy atom. The van der Waals surface area contributed by atoms with Gasteiger partial charge in [-0.1, -0.05) is 38.1 Å². The van der Waals surface area contributed by atoms with Gasteiger partial charge in [0.2, 0.25) is 0 Å². The lowest BCUT2D eigenvalue weighted by Crippen LogP contribution is -2.36. The SMILES string of the molecule is CCn1nc(CC(C)C)cc1C(=O)N1C[C@@H]2CNC[C@@H]2[C@H]1c1ccccc1C. The van der Waals surface area contributed by atoms with Gasteiger partial charge >= 0.3 is 0 Å². The molecule has 0 saturated carbocycles. The summed E-state index contributed by atoms with van der Waals surface area (Å²) >= 11 is 0. The number of likely N-dealkylation sites (tertiary alicyclic amines) is 1. The fourth-order valence-electron chi connectivity index (χ4n) is 5.00. The van der Waals surface area contributed by atoms with Gasteiger partial charge in [-0.2, -0.15) is 5.10 Å². The molecule has 150 valence electrons. The van der Waals surface area contributed by atoms with E-state index in [1.54, 1.807) is 0 Å². The Morgan fingerprint density at radius 1 is 1.29 bits per heavy atom.